The van der Waals surface area contributed by atoms with E-state index in [1.807, 2.05) is 6.20 Å². The molecule has 0 aliphatic carbocycles. The van der Waals surface area contributed by atoms with Gasteiger partial charge in [-0.05, 0) is 48.4 Å². The van der Waals surface area contributed by atoms with E-state index in [4.69, 9.17) is 4.74 Å². The Hall–Kier alpha value is -1.32. The number of fused-ring (bicyclic) bond motifs is 1. The SMILES string of the molecule is CC1OCCC1CNCc1ccc2[nH]ccc2c1. The first-order valence-corrected chi connectivity index (χ1v) is 6.71. The lowest BCUT2D eigenvalue weighted by Crippen LogP contribution is -2.26. The van der Waals surface area contributed by atoms with E-state index in [1.165, 1.54) is 22.9 Å². The lowest BCUT2D eigenvalue weighted by Gasteiger charge is -2.14. The van der Waals surface area contributed by atoms with Crippen LogP contribution in [0.3, 0.4) is 0 Å². The number of hydrogen-bond acceptors (Lipinski definition) is 2. The summed E-state index contributed by atoms with van der Waals surface area (Å²) in [4.78, 5) is 3.22. The molecule has 1 fully saturated rings. The molecule has 18 heavy (non-hydrogen) atoms. The van der Waals surface area contributed by atoms with Gasteiger partial charge in [-0.25, -0.2) is 0 Å². The predicted molar refractivity (Wildman–Crippen MR) is 73.5 cm³/mol. The van der Waals surface area contributed by atoms with Crippen LogP contribution in [0.2, 0.25) is 0 Å². The minimum Gasteiger partial charge on any atom is -0.378 e. The molecule has 0 amide bonds. The topological polar surface area (TPSA) is 37.0 Å². The first kappa shape index (κ1) is 11.8. The number of H-pyrrole nitrogens is 1. The molecular formula is C15H20N2O. The van der Waals surface area contributed by atoms with Crippen LogP contribution in [0.4, 0.5) is 0 Å². The van der Waals surface area contributed by atoms with Gasteiger partial charge in [0.15, 0.2) is 0 Å². The minimum atomic E-state index is 0.407. The van der Waals surface area contributed by atoms with Gasteiger partial charge in [-0.1, -0.05) is 6.07 Å². The average molecular weight is 244 g/mol. The molecule has 2 atom stereocenters. The van der Waals surface area contributed by atoms with Crippen LogP contribution in [-0.4, -0.2) is 24.2 Å². The Labute approximate surface area is 108 Å². The number of ether oxygens (including phenoxy) is 1. The smallest absolute Gasteiger partial charge is 0.0588 e. The zero-order valence-corrected chi connectivity index (χ0v) is 10.8. The van der Waals surface area contributed by atoms with Crippen molar-refractivity contribution in [2.75, 3.05) is 13.2 Å². The third kappa shape index (κ3) is 2.42. The van der Waals surface area contributed by atoms with Gasteiger partial charge < -0.3 is 15.0 Å². The lowest BCUT2D eigenvalue weighted by atomic mass is 10.0. The average Bonchev–Trinajstić information content (AvgIpc) is 2.98. The molecule has 3 heteroatoms. The van der Waals surface area contributed by atoms with Crippen LogP contribution < -0.4 is 5.32 Å². The summed E-state index contributed by atoms with van der Waals surface area (Å²) in [7, 11) is 0. The molecule has 1 aromatic heterocycles. The standard InChI is InChI=1S/C15H20N2O/c1-11-14(5-7-18-11)10-16-9-12-2-3-15-13(8-12)4-6-17-15/h2-4,6,8,11,14,16-17H,5,7,9-10H2,1H3. The lowest BCUT2D eigenvalue weighted by molar-refractivity contribution is 0.105. The van der Waals surface area contributed by atoms with Crippen LogP contribution in [0.25, 0.3) is 10.9 Å². The highest BCUT2D eigenvalue weighted by atomic mass is 16.5. The second-order valence-electron chi connectivity index (χ2n) is 5.15. The molecule has 2 aromatic rings. The van der Waals surface area contributed by atoms with Gasteiger partial charge >= 0.3 is 0 Å². The van der Waals surface area contributed by atoms with Gasteiger partial charge in [-0.15, -0.1) is 0 Å². The number of rotatable bonds is 4. The molecule has 1 aliphatic heterocycles. The van der Waals surface area contributed by atoms with Gasteiger partial charge in [-0.3, -0.25) is 0 Å². The Balaban J connectivity index is 1.56. The van der Waals surface area contributed by atoms with Crippen LogP contribution in [0.1, 0.15) is 18.9 Å². The maximum absolute atomic E-state index is 5.57. The maximum Gasteiger partial charge on any atom is 0.0588 e. The van der Waals surface area contributed by atoms with Gasteiger partial charge in [-0.2, -0.15) is 0 Å². The molecule has 0 saturated carbocycles. The summed E-state index contributed by atoms with van der Waals surface area (Å²) in [6.07, 6.45) is 3.58. The summed E-state index contributed by atoms with van der Waals surface area (Å²) in [5.74, 6) is 0.668. The van der Waals surface area contributed by atoms with Crippen molar-refractivity contribution in [3.63, 3.8) is 0 Å². The third-order valence-electron chi connectivity index (χ3n) is 3.89. The number of aromatic nitrogens is 1. The van der Waals surface area contributed by atoms with Crippen molar-refractivity contribution in [1.82, 2.24) is 10.3 Å². The highest BCUT2D eigenvalue weighted by Crippen LogP contribution is 2.19. The molecule has 1 aromatic carbocycles. The van der Waals surface area contributed by atoms with E-state index in [0.29, 0.717) is 12.0 Å². The van der Waals surface area contributed by atoms with Crippen LogP contribution >= 0.6 is 0 Å². The van der Waals surface area contributed by atoms with E-state index in [9.17, 15) is 0 Å². The van der Waals surface area contributed by atoms with E-state index >= 15 is 0 Å². The quantitative estimate of drug-likeness (QED) is 0.867. The molecule has 3 nitrogen and oxygen atoms in total. The monoisotopic (exact) mass is 244 g/mol. The van der Waals surface area contributed by atoms with Crippen molar-refractivity contribution in [3.8, 4) is 0 Å². The molecule has 1 saturated heterocycles. The maximum atomic E-state index is 5.57. The summed E-state index contributed by atoms with van der Waals surface area (Å²) in [5.41, 5.74) is 2.55. The molecule has 3 rings (SSSR count). The van der Waals surface area contributed by atoms with E-state index in [1.54, 1.807) is 0 Å². The molecule has 0 spiro atoms. The van der Waals surface area contributed by atoms with Gasteiger partial charge in [0.25, 0.3) is 0 Å². The van der Waals surface area contributed by atoms with Crippen LogP contribution in [0, 0.1) is 5.92 Å². The highest BCUT2D eigenvalue weighted by molar-refractivity contribution is 5.79. The second kappa shape index (κ2) is 5.12. The first-order chi connectivity index (χ1) is 8.83. The van der Waals surface area contributed by atoms with Crippen molar-refractivity contribution in [1.29, 1.82) is 0 Å². The molecule has 2 heterocycles. The summed E-state index contributed by atoms with van der Waals surface area (Å²) in [5, 5.41) is 4.82. The molecule has 2 N–H and O–H groups in total. The molecule has 1 aliphatic rings. The van der Waals surface area contributed by atoms with Gasteiger partial charge in [0.2, 0.25) is 0 Å². The predicted octanol–water partition coefficient (Wildman–Crippen LogP) is 2.68. The van der Waals surface area contributed by atoms with Crippen LogP contribution in [-0.2, 0) is 11.3 Å². The third-order valence-corrected chi connectivity index (χ3v) is 3.89. The Morgan fingerprint density at radius 3 is 3.17 bits per heavy atom. The van der Waals surface area contributed by atoms with Crippen molar-refractivity contribution in [2.45, 2.75) is 26.0 Å². The van der Waals surface area contributed by atoms with E-state index in [2.05, 4.69) is 41.5 Å². The molecule has 96 valence electrons. The van der Waals surface area contributed by atoms with Gasteiger partial charge in [0.1, 0.15) is 0 Å². The molecule has 0 radical (unpaired) electrons. The molecular weight excluding hydrogens is 224 g/mol. The normalized spacial score (nSPS) is 23.8. The zero-order valence-electron chi connectivity index (χ0n) is 10.8. The van der Waals surface area contributed by atoms with Crippen molar-refractivity contribution < 1.29 is 4.74 Å². The Kier molecular flexibility index (Phi) is 3.35. The van der Waals surface area contributed by atoms with E-state index < -0.39 is 0 Å². The molecule has 2 unspecified atom stereocenters. The fraction of sp³-hybridized carbons (Fsp3) is 0.467. The number of aromatic amines is 1. The molecule has 0 bridgehead atoms. The van der Waals surface area contributed by atoms with Gasteiger partial charge in [0.05, 0.1) is 6.10 Å². The largest absolute Gasteiger partial charge is 0.378 e. The zero-order chi connectivity index (χ0) is 12.4. The summed E-state index contributed by atoms with van der Waals surface area (Å²) < 4.78 is 5.57. The van der Waals surface area contributed by atoms with Crippen molar-refractivity contribution in [2.24, 2.45) is 5.92 Å². The summed E-state index contributed by atoms with van der Waals surface area (Å²) >= 11 is 0. The number of nitrogens with one attached hydrogen (secondary N) is 2. The number of benzene rings is 1. The Morgan fingerprint density at radius 1 is 1.39 bits per heavy atom. The van der Waals surface area contributed by atoms with Crippen LogP contribution in [0.5, 0.6) is 0 Å². The van der Waals surface area contributed by atoms with E-state index in [-0.39, 0.29) is 0 Å². The fourth-order valence-electron chi connectivity index (χ4n) is 2.66. The summed E-state index contributed by atoms with van der Waals surface area (Å²) in [6, 6.07) is 8.69. The summed E-state index contributed by atoms with van der Waals surface area (Å²) in [6.45, 7) is 5.07. The fourth-order valence-corrected chi connectivity index (χ4v) is 2.66. The van der Waals surface area contributed by atoms with Gasteiger partial charge in [0, 0.05) is 31.4 Å². The Morgan fingerprint density at radius 2 is 2.33 bits per heavy atom. The first-order valence-electron chi connectivity index (χ1n) is 6.71. The van der Waals surface area contributed by atoms with E-state index in [0.717, 1.165) is 19.7 Å². The van der Waals surface area contributed by atoms with Crippen LogP contribution in [0.15, 0.2) is 30.5 Å². The Bertz CT molecular complexity index is 520. The number of hydrogen-bond donors (Lipinski definition) is 2. The van der Waals surface area contributed by atoms with Crippen molar-refractivity contribution >= 4 is 10.9 Å². The second-order valence-corrected chi connectivity index (χ2v) is 5.15. The van der Waals surface area contributed by atoms with Crippen molar-refractivity contribution in [3.05, 3.63) is 36.0 Å². The highest BCUT2D eigenvalue weighted by Gasteiger charge is 2.23. The minimum absolute atomic E-state index is 0.407.